The largest absolute Gasteiger partial charge is 0.517 e. The minimum Gasteiger partial charge on any atom is -0.404 e. The molecule has 0 spiro atoms. The number of hydrogen-bond acceptors (Lipinski definition) is 5. The Morgan fingerprint density at radius 2 is 2.44 bits per heavy atom. The second-order valence-corrected chi connectivity index (χ2v) is 3.74. The number of carbonyl (C=O) groups is 1. The van der Waals surface area contributed by atoms with Crippen LogP contribution in [0.3, 0.4) is 0 Å². The molecule has 0 aromatic carbocycles. The van der Waals surface area contributed by atoms with E-state index in [4.69, 9.17) is 14.2 Å². The second-order valence-electron chi connectivity index (χ2n) is 3.74. The van der Waals surface area contributed by atoms with Crippen molar-refractivity contribution in [3.63, 3.8) is 0 Å². The third-order valence-electron chi connectivity index (χ3n) is 2.21. The summed E-state index contributed by atoms with van der Waals surface area (Å²) < 4.78 is 15.1. The lowest BCUT2D eigenvalue weighted by molar-refractivity contribution is -0.0813. The first-order valence-electron chi connectivity index (χ1n) is 5.15. The van der Waals surface area contributed by atoms with Crippen LogP contribution in [0.4, 0.5) is 4.79 Å². The fraction of sp³-hybridized carbons (Fsp3) is 0.455. The van der Waals surface area contributed by atoms with Crippen LogP contribution < -0.4 is 4.74 Å². The summed E-state index contributed by atoms with van der Waals surface area (Å²) in [6, 6.07) is 5.04. The summed E-state index contributed by atoms with van der Waals surface area (Å²) in [5, 5.41) is 0. The van der Waals surface area contributed by atoms with Crippen LogP contribution in [0.5, 0.6) is 5.88 Å². The molecule has 16 heavy (non-hydrogen) atoms. The van der Waals surface area contributed by atoms with Gasteiger partial charge in [0.05, 0.1) is 6.61 Å². The number of hydrogen-bond donors (Lipinski definition) is 0. The Hall–Kier alpha value is -1.62. The smallest absolute Gasteiger partial charge is 0.404 e. The van der Waals surface area contributed by atoms with E-state index in [0.717, 1.165) is 0 Å². The summed E-state index contributed by atoms with van der Waals surface area (Å²) in [7, 11) is 0. The molecular formula is C11H13NO4. The molecule has 0 aliphatic carbocycles. The first-order chi connectivity index (χ1) is 7.74. The Balaban J connectivity index is 1.81. The summed E-state index contributed by atoms with van der Waals surface area (Å²) in [4.78, 5) is 15.2. The van der Waals surface area contributed by atoms with Gasteiger partial charge in [0, 0.05) is 18.7 Å². The minimum absolute atomic E-state index is 0.221. The summed E-state index contributed by atoms with van der Waals surface area (Å²) in [5.74, 6) is 0.631. The van der Waals surface area contributed by atoms with Crippen LogP contribution in [0.25, 0.3) is 0 Å². The van der Waals surface area contributed by atoms with Gasteiger partial charge >= 0.3 is 6.16 Å². The first kappa shape index (κ1) is 10.9. The molecule has 0 N–H and O–H groups in total. The van der Waals surface area contributed by atoms with E-state index in [-0.39, 0.29) is 5.88 Å². The lowest BCUT2D eigenvalue weighted by atomic mass is 10.1. The third-order valence-corrected chi connectivity index (χ3v) is 2.21. The molecule has 0 amide bonds. The van der Waals surface area contributed by atoms with Gasteiger partial charge in [-0.2, -0.15) is 0 Å². The molecule has 1 aromatic rings. The van der Waals surface area contributed by atoms with Gasteiger partial charge in [-0.1, -0.05) is 13.0 Å². The average Bonchev–Trinajstić information content (AvgIpc) is 2.65. The maximum absolute atomic E-state index is 11.3. The van der Waals surface area contributed by atoms with Gasteiger partial charge in [-0.25, -0.2) is 9.78 Å². The summed E-state index contributed by atoms with van der Waals surface area (Å²) in [5.41, 5.74) is 0. The Kier molecular flexibility index (Phi) is 3.36. The van der Waals surface area contributed by atoms with Crippen molar-refractivity contribution < 1.29 is 19.0 Å². The highest BCUT2D eigenvalue weighted by atomic mass is 16.8. The number of carbonyl (C=O) groups excluding carboxylic acids is 1. The van der Waals surface area contributed by atoms with Crippen LogP contribution in [0, 0.1) is 5.92 Å². The third kappa shape index (κ3) is 2.93. The van der Waals surface area contributed by atoms with Gasteiger partial charge in [0.25, 0.3) is 0 Å². The number of ether oxygens (including phenoxy) is 3. The summed E-state index contributed by atoms with van der Waals surface area (Å²) >= 11 is 0. The van der Waals surface area contributed by atoms with Crippen LogP contribution in [0.2, 0.25) is 0 Å². The highest BCUT2D eigenvalue weighted by Gasteiger charge is 2.26. The van der Waals surface area contributed by atoms with Crippen LogP contribution in [0.15, 0.2) is 24.4 Å². The van der Waals surface area contributed by atoms with Crippen LogP contribution in [-0.2, 0) is 9.47 Å². The van der Waals surface area contributed by atoms with Gasteiger partial charge in [0.2, 0.25) is 12.2 Å². The van der Waals surface area contributed by atoms with Crippen molar-refractivity contribution in [3.8, 4) is 5.88 Å². The normalized spacial score (nSPS) is 24.1. The van der Waals surface area contributed by atoms with E-state index in [1.165, 1.54) is 6.20 Å². The number of aromatic nitrogens is 1. The van der Waals surface area contributed by atoms with E-state index in [2.05, 4.69) is 4.98 Å². The van der Waals surface area contributed by atoms with E-state index >= 15 is 0 Å². The molecule has 1 aromatic heterocycles. The van der Waals surface area contributed by atoms with Crippen molar-refractivity contribution in [1.82, 2.24) is 4.98 Å². The maximum Gasteiger partial charge on any atom is 0.517 e. The van der Waals surface area contributed by atoms with E-state index in [1.807, 2.05) is 6.92 Å². The van der Waals surface area contributed by atoms with E-state index in [0.29, 0.717) is 18.9 Å². The van der Waals surface area contributed by atoms with Crippen molar-refractivity contribution in [2.24, 2.45) is 5.92 Å². The predicted molar refractivity (Wildman–Crippen MR) is 54.9 cm³/mol. The molecule has 0 radical (unpaired) electrons. The molecule has 1 saturated heterocycles. The molecule has 2 rings (SSSR count). The molecule has 5 heteroatoms. The van der Waals surface area contributed by atoms with E-state index in [9.17, 15) is 4.79 Å². The number of nitrogens with zero attached hydrogens (tertiary/aromatic N) is 1. The summed E-state index contributed by atoms with van der Waals surface area (Å²) in [6.45, 7) is 2.65. The predicted octanol–water partition coefficient (Wildman–Crippen LogP) is 1.98. The molecule has 5 nitrogen and oxygen atoms in total. The van der Waals surface area contributed by atoms with Gasteiger partial charge in [0.15, 0.2) is 0 Å². The zero-order valence-electron chi connectivity index (χ0n) is 8.96. The molecule has 2 unspecified atom stereocenters. The zero-order chi connectivity index (χ0) is 11.4. The van der Waals surface area contributed by atoms with Crippen LogP contribution in [0.1, 0.15) is 13.3 Å². The topological polar surface area (TPSA) is 57.7 Å². The van der Waals surface area contributed by atoms with Crippen molar-refractivity contribution in [2.75, 3.05) is 6.61 Å². The van der Waals surface area contributed by atoms with Gasteiger partial charge in [0.1, 0.15) is 0 Å². The van der Waals surface area contributed by atoms with Crippen molar-refractivity contribution in [2.45, 2.75) is 19.6 Å². The fourth-order valence-electron chi connectivity index (χ4n) is 1.44. The Labute approximate surface area is 93.3 Å². The van der Waals surface area contributed by atoms with Crippen LogP contribution >= 0.6 is 0 Å². The summed E-state index contributed by atoms with van der Waals surface area (Å²) in [6.07, 6.45) is 0.970. The van der Waals surface area contributed by atoms with Crippen LogP contribution in [-0.4, -0.2) is 24.0 Å². The maximum atomic E-state index is 11.3. The van der Waals surface area contributed by atoms with E-state index < -0.39 is 12.4 Å². The monoisotopic (exact) mass is 223 g/mol. The molecule has 0 bridgehead atoms. The standard InChI is InChI=1S/C11H13NO4/c1-8-6-10(14-7-8)16-11(13)15-9-4-2-3-5-12-9/h2-5,8,10H,6-7H2,1H3. The Bertz CT molecular complexity index is 354. The van der Waals surface area contributed by atoms with Crippen molar-refractivity contribution in [3.05, 3.63) is 24.4 Å². The minimum atomic E-state index is -0.780. The molecule has 1 aliphatic heterocycles. The lowest BCUT2D eigenvalue weighted by Crippen LogP contribution is -2.20. The molecule has 86 valence electrons. The second kappa shape index (κ2) is 4.94. The fourth-order valence-corrected chi connectivity index (χ4v) is 1.44. The first-order valence-corrected chi connectivity index (χ1v) is 5.15. The van der Waals surface area contributed by atoms with Gasteiger partial charge in [-0.15, -0.1) is 0 Å². The average molecular weight is 223 g/mol. The zero-order valence-corrected chi connectivity index (χ0v) is 8.96. The molecular weight excluding hydrogens is 210 g/mol. The Morgan fingerprint density at radius 1 is 1.56 bits per heavy atom. The van der Waals surface area contributed by atoms with Gasteiger partial charge in [-0.3, -0.25) is 0 Å². The quantitative estimate of drug-likeness (QED) is 0.717. The molecule has 2 heterocycles. The SMILES string of the molecule is CC1COC(OC(=O)Oc2ccccn2)C1. The van der Waals surface area contributed by atoms with Gasteiger partial charge in [-0.05, 0) is 12.0 Å². The Morgan fingerprint density at radius 3 is 3.06 bits per heavy atom. The lowest BCUT2D eigenvalue weighted by Gasteiger charge is -2.10. The van der Waals surface area contributed by atoms with Gasteiger partial charge < -0.3 is 14.2 Å². The van der Waals surface area contributed by atoms with Crippen molar-refractivity contribution in [1.29, 1.82) is 0 Å². The molecule has 1 fully saturated rings. The molecule has 0 saturated carbocycles. The number of rotatable bonds is 2. The molecule has 1 aliphatic rings. The number of pyridine rings is 1. The molecule has 2 atom stereocenters. The van der Waals surface area contributed by atoms with Crippen molar-refractivity contribution >= 4 is 6.16 Å². The highest BCUT2D eigenvalue weighted by molar-refractivity contribution is 5.63. The highest BCUT2D eigenvalue weighted by Crippen LogP contribution is 2.20. The van der Waals surface area contributed by atoms with E-state index in [1.54, 1.807) is 18.2 Å².